The monoisotopic (exact) mass is 260 g/mol. The van der Waals surface area contributed by atoms with Gasteiger partial charge in [0, 0.05) is 6.42 Å². The standard InChI is InChI=1S/C16H14F2O/c1-11(19)5-6-12-3-2-4-13(9-12)14-7-8-15(17)16(18)10-14/h2-4,7-10H,5-6H2,1H3. The maximum Gasteiger partial charge on any atom is 0.159 e. The van der Waals surface area contributed by atoms with Crippen molar-refractivity contribution in [1.29, 1.82) is 0 Å². The smallest absolute Gasteiger partial charge is 0.159 e. The second-order valence-corrected chi connectivity index (χ2v) is 4.53. The predicted molar refractivity (Wildman–Crippen MR) is 70.8 cm³/mol. The van der Waals surface area contributed by atoms with Gasteiger partial charge in [-0.05, 0) is 42.2 Å². The SMILES string of the molecule is CC(=O)CCc1cccc(-c2ccc(F)c(F)c2)c1. The fourth-order valence-electron chi connectivity index (χ4n) is 1.90. The van der Waals surface area contributed by atoms with Crippen molar-refractivity contribution in [2.24, 2.45) is 0 Å². The molecule has 0 fully saturated rings. The number of benzene rings is 2. The summed E-state index contributed by atoms with van der Waals surface area (Å²) in [6.45, 7) is 1.55. The van der Waals surface area contributed by atoms with Gasteiger partial charge in [-0.2, -0.15) is 0 Å². The van der Waals surface area contributed by atoms with Gasteiger partial charge in [0.1, 0.15) is 5.78 Å². The summed E-state index contributed by atoms with van der Waals surface area (Å²) in [5.74, 6) is -1.57. The van der Waals surface area contributed by atoms with Crippen molar-refractivity contribution in [3.8, 4) is 11.1 Å². The number of hydrogen-bond donors (Lipinski definition) is 0. The number of hydrogen-bond acceptors (Lipinski definition) is 1. The van der Waals surface area contributed by atoms with Crippen molar-refractivity contribution in [3.63, 3.8) is 0 Å². The molecule has 0 atom stereocenters. The molecule has 0 aliphatic carbocycles. The van der Waals surface area contributed by atoms with E-state index in [2.05, 4.69) is 0 Å². The van der Waals surface area contributed by atoms with Gasteiger partial charge in [0.25, 0.3) is 0 Å². The van der Waals surface area contributed by atoms with E-state index in [-0.39, 0.29) is 5.78 Å². The highest BCUT2D eigenvalue weighted by Gasteiger charge is 2.05. The Labute approximate surface area is 110 Å². The normalized spacial score (nSPS) is 10.5. The van der Waals surface area contributed by atoms with Gasteiger partial charge in [0.05, 0.1) is 0 Å². The fourth-order valence-corrected chi connectivity index (χ4v) is 1.90. The minimum atomic E-state index is -0.855. The molecule has 0 bridgehead atoms. The summed E-state index contributed by atoms with van der Waals surface area (Å²) in [6, 6.07) is 11.4. The summed E-state index contributed by atoms with van der Waals surface area (Å²) in [5.41, 5.74) is 2.46. The van der Waals surface area contributed by atoms with E-state index in [1.165, 1.54) is 6.07 Å². The Bertz CT molecular complexity index is 605. The van der Waals surface area contributed by atoms with Gasteiger partial charge in [0.15, 0.2) is 11.6 Å². The maximum absolute atomic E-state index is 13.2. The molecule has 98 valence electrons. The average Bonchev–Trinajstić information content (AvgIpc) is 2.40. The topological polar surface area (TPSA) is 17.1 Å². The number of rotatable bonds is 4. The predicted octanol–water partition coefficient (Wildman–Crippen LogP) is 4.15. The molecule has 0 spiro atoms. The van der Waals surface area contributed by atoms with E-state index in [4.69, 9.17) is 0 Å². The van der Waals surface area contributed by atoms with Crippen molar-refractivity contribution in [1.82, 2.24) is 0 Å². The second-order valence-electron chi connectivity index (χ2n) is 4.53. The third-order valence-electron chi connectivity index (χ3n) is 2.95. The van der Waals surface area contributed by atoms with Crippen LogP contribution in [0.1, 0.15) is 18.9 Å². The lowest BCUT2D eigenvalue weighted by molar-refractivity contribution is -0.116. The van der Waals surface area contributed by atoms with Crippen LogP contribution in [0.5, 0.6) is 0 Å². The molecule has 3 heteroatoms. The first-order valence-electron chi connectivity index (χ1n) is 6.10. The molecule has 0 saturated carbocycles. The second kappa shape index (κ2) is 5.74. The number of Topliss-reactive ketones (excluding diaryl/α,β-unsaturated/α-hetero) is 1. The van der Waals surface area contributed by atoms with E-state index in [1.54, 1.807) is 13.0 Å². The third-order valence-corrected chi connectivity index (χ3v) is 2.95. The van der Waals surface area contributed by atoms with Gasteiger partial charge in [-0.25, -0.2) is 8.78 Å². The molecule has 0 N–H and O–H groups in total. The minimum absolute atomic E-state index is 0.137. The van der Waals surface area contributed by atoms with E-state index in [0.29, 0.717) is 18.4 Å². The minimum Gasteiger partial charge on any atom is -0.300 e. The Morgan fingerprint density at radius 3 is 2.42 bits per heavy atom. The molecule has 0 radical (unpaired) electrons. The van der Waals surface area contributed by atoms with Crippen molar-refractivity contribution >= 4 is 5.78 Å². The number of aryl methyl sites for hydroxylation is 1. The highest BCUT2D eigenvalue weighted by atomic mass is 19.2. The summed E-state index contributed by atoms with van der Waals surface area (Å²) in [7, 11) is 0. The van der Waals surface area contributed by atoms with Crippen LogP contribution >= 0.6 is 0 Å². The fraction of sp³-hybridized carbons (Fsp3) is 0.188. The first-order valence-corrected chi connectivity index (χ1v) is 6.10. The molecular formula is C16H14F2O. The van der Waals surface area contributed by atoms with Crippen LogP contribution < -0.4 is 0 Å². The molecular weight excluding hydrogens is 246 g/mol. The van der Waals surface area contributed by atoms with Crippen molar-refractivity contribution in [2.45, 2.75) is 19.8 Å². The van der Waals surface area contributed by atoms with Gasteiger partial charge in [0.2, 0.25) is 0 Å². The number of halogens is 2. The van der Waals surface area contributed by atoms with Gasteiger partial charge in [-0.1, -0.05) is 30.3 Å². The molecule has 0 unspecified atom stereocenters. The van der Waals surface area contributed by atoms with E-state index in [9.17, 15) is 13.6 Å². The molecule has 1 nitrogen and oxygen atoms in total. The average molecular weight is 260 g/mol. The van der Waals surface area contributed by atoms with E-state index in [1.807, 2.05) is 24.3 Å². The van der Waals surface area contributed by atoms with Crippen LogP contribution in [-0.4, -0.2) is 5.78 Å². The number of carbonyl (C=O) groups excluding carboxylic acids is 1. The highest BCUT2D eigenvalue weighted by molar-refractivity contribution is 5.75. The number of carbonyl (C=O) groups is 1. The largest absolute Gasteiger partial charge is 0.300 e. The maximum atomic E-state index is 13.2. The van der Waals surface area contributed by atoms with Crippen molar-refractivity contribution < 1.29 is 13.6 Å². The molecule has 19 heavy (non-hydrogen) atoms. The van der Waals surface area contributed by atoms with Crippen LogP contribution in [0.25, 0.3) is 11.1 Å². The summed E-state index contributed by atoms with van der Waals surface area (Å²) in [4.78, 5) is 11.0. The lowest BCUT2D eigenvalue weighted by atomic mass is 10.0. The Kier molecular flexibility index (Phi) is 4.05. The highest BCUT2D eigenvalue weighted by Crippen LogP contribution is 2.23. The first kappa shape index (κ1) is 13.4. The molecule has 0 aromatic heterocycles. The number of ketones is 1. The van der Waals surface area contributed by atoms with Crippen LogP contribution in [0.15, 0.2) is 42.5 Å². The first-order chi connectivity index (χ1) is 9.06. The Morgan fingerprint density at radius 2 is 1.74 bits per heavy atom. The quantitative estimate of drug-likeness (QED) is 0.807. The summed E-state index contributed by atoms with van der Waals surface area (Å²) in [6.07, 6.45) is 1.15. The van der Waals surface area contributed by atoms with Crippen LogP contribution in [0.2, 0.25) is 0 Å². The Morgan fingerprint density at radius 1 is 1.00 bits per heavy atom. The van der Waals surface area contributed by atoms with Crippen molar-refractivity contribution in [2.75, 3.05) is 0 Å². The lowest BCUT2D eigenvalue weighted by Gasteiger charge is -2.05. The molecule has 2 rings (SSSR count). The van der Waals surface area contributed by atoms with E-state index >= 15 is 0 Å². The molecule has 0 aliphatic rings. The van der Waals surface area contributed by atoms with Gasteiger partial charge in [-0.15, -0.1) is 0 Å². The third kappa shape index (κ3) is 3.47. The summed E-state index contributed by atoms with van der Waals surface area (Å²) < 4.78 is 26.1. The molecule has 0 aliphatic heterocycles. The Balaban J connectivity index is 2.27. The molecule has 0 saturated heterocycles. The molecule has 2 aromatic carbocycles. The molecule has 2 aromatic rings. The zero-order valence-corrected chi connectivity index (χ0v) is 10.6. The molecule has 0 heterocycles. The zero-order valence-electron chi connectivity index (χ0n) is 10.6. The van der Waals surface area contributed by atoms with Crippen LogP contribution in [0, 0.1) is 11.6 Å². The van der Waals surface area contributed by atoms with Gasteiger partial charge < -0.3 is 4.79 Å². The Hall–Kier alpha value is -2.03. The van der Waals surface area contributed by atoms with Crippen LogP contribution in [0.4, 0.5) is 8.78 Å². The van der Waals surface area contributed by atoms with Gasteiger partial charge in [-0.3, -0.25) is 0 Å². The summed E-state index contributed by atoms with van der Waals surface area (Å²) in [5, 5.41) is 0. The zero-order chi connectivity index (χ0) is 13.8. The van der Waals surface area contributed by atoms with Crippen molar-refractivity contribution in [3.05, 3.63) is 59.7 Å². The van der Waals surface area contributed by atoms with Gasteiger partial charge >= 0.3 is 0 Å². The lowest BCUT2D eigenvalue weighted by Crippen LogP contribution is -1.94. The van der Waals surface area contributed by atoms with Crippen LogP contribution in [-0.2, 0) is 11.2 Å². The van der Waals surface area contributed by atoms with Crippen LogP contribution in [0.3, 0.4) is 0 Å². The van der Waals surface area contributed by atoms with E-state index in [0.717, 1.165) is 17.2 Å². The molecule has 0 amide bonds. The summed E-state index contributed by atoms with van der Waals surface area (Å²) >= 11 is 0. The van der Waals surface area contributed by atoms with E-state index < -0.39 is 11.6 Å².